The van der Waals surface area contributed by atoms with Gasteiger partial charge < -0.3 is 38.9 Å². The molecular formula is C43H42Br6N4S3. The second-order valence-electron chi connectivity index (χ2n) is 12.2. The number of fused-ring (bicyclic) bond motifs is 6. The van der Waals surface area contributed by atoms with Crippen LogP contribution in [0.25, 0.3) is 41.2 Å². The molecule has 0 saturated heterocycles. The number of anilines is 1. The molecule has 0 fully saturated rings. The van der Waals surface area contributed by atoms with Crippen LogP contribution in [0.2, 0.25) is 0 Å². The highest BCUT2D eigenvalue weighted by molar-refractivity contribution is 9.93. The Labute approximate surface area is 396 Å². The Morgan fingerprint density at radius 2 is 1.18 bits per heavy atom. The molecule has 0 radical (unpaired) electrons. The molecular weight excluding hydrogens is 1150 g/mol. The largest absolute Gasteiger partial charge is 1.00 e. The number of aromatic nitrogens is 2. The van der Waals surface area contributed by atoms with E-state index in [4.69, 9.17) is 4.98 Å². The zero-order valence-corrected chi connectivity index (χ0v) is 41.5. The first-order chi connectivity index (χ1) is 25.2. The smallest absolute Gasteiger partial charge is 0.258 e. The van der Waals surface area contributed by atoms with Crippen LogP contribution >= 0.6 is 94.6 Å². The van der Waals surface area contributed by atoms with Crippen molar-refractivity contribution in [2.45, 2.75) is 31.1 Å². The molecule has 3 aliphatic rings. The van der Waals surface area contributed by atoms with Crippen LogP contribution < -0.4 is 48.8 Å². The minimum absolute atomic E-state index is 0. The van der Waals surface area contributed by atoms with Gasteiger partial charge >= 0.3 is 0 Å². The van der Waals surface area contributed by atoms with Gasteiger partial charge in [-0.25, -0.2) is 14.5 Å². The van der Waals surface area contributed by atoms with E-state index in [1.807, 2.05) is 36.0 Å². The molecule has 9 rings (SSSR count). The Bertz CT molecular complexity index is 2420. The summed E-state index contributed by atoms with van der Waals surface area (Å²) in [6, 6.07) is 42.5. The fraction of sp³-hybridized carbons (Fsp3) is 0.163. The molecule has 0 bridgehead atoms. The van der Waals surface area contributed by atoms with Crippen LogP contribution in [0.1, 0.15) is 26.0 Å². The summed E-state index contributed by atoms with van der Waals surface area (Å²) in [5.41, 5.74) is 8.33. The summed E-state index contributed by atoms with van der Waals surface area (Å²) in [6.07, 6.45) is 1.08. The lowest BCUT2D eigenvalue weighted by molar-refractivity contribution is -0.001000. The van der Waals surface area contributed by atoms with E-state index in [-0.39, 0.29) is 48.8 Å². The molecule has 294 valence electrons. The first kappa shape index (κ1) is 50.3. The molecule has 0 N–H and O–H groups in total. The lowest BCUT2D eigenvalue weighted by atomic mass is 10.0. The van der Waals surface area contributed by atoms with Gasteiger partial charge in [-0.15, -0.1) is 11.3 Å². The van der Waals surface area contributed by atoms with E-state index >= 15 is 0 Å². The molecule has 1 aromatic heterocycles. The quantitative estimate of drug-likeness (QED) is 0.0940. The van der Waals surface area contributed by atoms with Crippen molar-refractivity contribution in [3.63, 3.8) is 0 Å². The standard InChI is InChI=1S/C16H18N3S.C13H10S.C12H6Br2NS.2CH4.Br2.2BrH/c1-18(2)11-5-7-13-15(9-11)20-16-10-12(19(3)4)6-8-14(16)17-13;1-3-7-12-10(5-1)9-11-6-2-4-8-13(11)14-12;13-7-1-3-9-11(5-7)16-12-6-8(14)2-4-10(12)15-9;;;1-2;;/h5-10H,1-4H3;1-8H,9H2;1-6H;2*1H4;;2*1H/q+1;;+1;;;;;/p-2. The number of nitrogens with zero attached hydrogens (tertiary/aromatic N) is 4. The van der Waals surface area contributed by atoms with E-state index in [2.05, 4.69) is 200 Å². The highest BCUT2D eigenvalue weighted by Gasteiger charge is 2.15. The Hall–Kier alpha value is -1.81. The van der Waals surface area contributed by atoms with Crippen LogP contribution in [0, 0.1) is 0 Å². The zero-order valence-electron chi connectivity index (χ0n) is 29.5. The number of hydrogen-bond acceptors (Lipinski definition) is 5. The third-order valence-electron chi connectivity index (χ3n) is 8.23. The Kier molecular flexibility index (Phi) is 21.3. The average Bonchev–Trinajstić information content (AvgIpc) is 3.16. The van der Waals surface area contributed by atoms with E-state index < -0.39 is 0 Å². The van der Waals surface area contributed by atoms with Crippen molar-refractivity contribution >= 4 is 131 Å². The van der Waals surface area contributed by atoms with E-state index in [1.165, 1.54) is 50.9 Å². The summed E-state index contributed by atoms with van der Waals surface area (Å²) in [4.78, 5) is 15.5. The summed E-state index contributed by atoms with van der Waals surface area (Å²) in [6.45, 7) is 0. The summed E-state index contributed by atoms with van der Waals surface area (Å²) in [5, 5.41) is 1.21. The Morgan fingerprint density at radius 3 is 1.71 bits per heavy atom. The molecule has 0 atom stereocenters. The van der Waals surface area contributed by atoms with E-state index in [0.717, 1.165) is 37.6 Å². The van der Waals surface area contributed by atoms with Crippen molar-refractivity contribution in [2.75, 3.05) is 33.1 Å². The van der Waals surface area contributed by atoms with Gasteiger partial charge in [0.1, 0.15) is 25.1 Å². The predicted molar refractivity (Wildman–Crippen MR) is 256 cm³/mol. The van der Waals surface area contributed by atoms with Gasteiger partial charge in [0.15, 0.2) is 0 Å². The zero-order chi connectivity index (χ0) is 36.8. The average molecular weight is 1190 g/mol. The van der Waals surface area contributed by atoms with Crippen LogP contribution in [0.4, 0.5) is 5.69 Å². The SMILES string of the molecule is BrBr.Brc1ccc2nc3ccc(Br)cc3[s+]c2c1.C.C.CN(C)c1ccc2nc3ccc(=[N+](C)C)cc-3sc2c1.[Br-].[Br-].c1ccc2c(c1)Cc1ccccc1S2. The summed E-state index contributed by atoms with van der Waals surface area (Å²) >= 11 is 17.9. The molecule has 5 aromatic carbocycles. The molecule has 0 amide bonds. The molecule has 1 aliphatic carbocycles. The second-order valence-corrected chi connectivity index (χ2v) is 17.3. The molecule has 3 heterocycles. The molecule has 2 aliphatic heterocycles. The van der Waals surface area contributed by atoms with Gasteiger partial charge in [-0.05, 0) is 78.2 Å². The monoisotopic (exact) mass is 1180 g/mol. The summed E-state index contributed by atoms with van der Waals surface area (Å²) in [5.74, 6) is 0. The normalized spacial score (nSPS) is 10.5. The van der Waals surface area contributed by atoms with E-state index in [1.54, 1.807) is 22.7 Å². The molecule has 0 saturated carbocycles. The number of hydrogen-bond donors (Lipinski definition) is 0. The first-order valence-electron chi connectivity index (χ1n) is 16.2. The third-order valence-corrected chi connectivity index (χ3v) is 12.6. The third kappa shape index (κ3) is 12.6. The topological polar surface area (TPSA) is 32.0 Å². The van der Waals surface area contributed by atoms with Crippen molar-refractivity contribution < 1.29 is 34.0 Å². The fourth-order valence-corrected chi connectivity index (χ4v) is 9.73. The van der Waals surface area contributed by atoms with Crippen LogP contribution in [0.15, 0.2) is 140 Å². The highest BCUT2D eigenvalue weighted by atomic mass is 80.9. The lowest BCUT2D eigenvalue weighted by Crippen LogP contribution is -3.00. The van der Waals surface area contributed by atoms with E-state index in [0.29, 0.717) is 0 Å². The number of benzene rings is 6. The van der Waals surface area contributed by atoms with Gasteiger partial charge in [0, 0.05) is 91.0 Å². The van der Waals surface area contributed by atoms with Gasteiger partial charge in [0.05, 0.1) is 20.8 Å². The molecule has 13 heteroatoms. The molecule has 0 spiro atoms. The Morgan fingerprint density at radius 1 is 0.643 bits per heavy atom. The second kappa shape index (κ2) is 23.7. The molecule has 0 unspecified atom stereocenters. The number of halogens is 6. The lowest BCUT2D eigenvalue weighted by Gasteiger charge is -2.17. The summed E-state index contributed by atoms with van der Waals surface area (Å²) < 4.78 is 7.91. The maximum absolute atomic E-state index is 4.75. The van der Waals surface area contributed by atoms with Gasteiger partial charge in [-0.1, -0.05) is 94.9 Å². The maximum Gasteiger partial charge on any atom is 0.258 e. The van der Waals surface area contributed by atoms with Crippen LogP contribution in [0.5, 0.6) is 0 Å². The number of rotatable bonds is 1. The fourth-order valence-electron chi connectivity index (χ4n) is 5.55. The van der Waals surface area contributed by atoms with Crippen molar-refractivity contribution in [3.05, 3.63) is 147 Å². The summed E-state index contributed by atoms with van der Waals surface area (Å²) in [7, 11) is 8.24. The van der Waals surface area contributed by atoms with Crippen LogP contribution in [0.3, 0.4) is 0 Å². The molecule has 4 nitrogen and oxygen atoms in total. The first-order valence-corrected chi connectivity index (χ1v) is 23.9. The van der Waals surface area contributed by atoms with Gasteiger partial charge in [-0.2, -0.15) is 0 Å². The molecule has 6 aromatic rings. The minimum atomic E-state index is 0. The molecule has 56 heavy (non-hydrogen) atoms. The maximum atomic E-state index is 4.75. The van der Waals surface area contributed by atoms with Crippen molar-refractivity contribution in [3.8, 4) is 10.6 Å². The Balaban J connectivity index is 0.000000278. The van der Waals surface area contributed by atoms with Crippen LogP contribution in [-0.4, -0.2) is 38.2 Å². The predicted octanol–water partition coefficient (Wildman–Crippen LogP) is 8.47. The van der Waals surface area contributed by atoms with Crippen molar-refractivity contribution in [2.24, 2.45) is 0 Å². The van der Waals surface area contributed by atoms with E-state index in [9.17, 15) is 0 Å². The van der Waals surface area contributed by atoms with Gasteiger partial charge in [0.2, 0.25) is 16.7 Å². The van der Waals surface area contributed by atoms with Gasteiger partial charge in [-0.3, -0.25) is 0 Å². The van der Waals surface area contributed by atoms with Gasteiger partial charge in [0.25, 0.3) is 9.40 Å². The highest BCUT2D eigenvalue weighted by Crippen LogP contribution is 2.39. The van der Waals surface area contributed by atoms with Crippen molar-refractivity contribution in [1.82, 2.24) is 14.5 Å². The van der Waals surface area contributed by atoms with Crippen molar-refractivity contribution in [1.29, 1.82) is 0 Å². The minimum Gasteiger partial charge on any atom is -1.00 e. The van der Waals surface area contributed by atoms with Crippen LogP contribution in [-0.2, 0) is 6.42 Å².